The first-order valence-electron chi connectivity index (χ1n) is 7.42. The normalized spacial score (nSPS) is 17.9. The van der Waals surface area contributed by atoms with Crippen molar-refractivity contribution in [3.63, 3.8) is 0 Å². The van der Waals surface area contributed by atoms with Gasteiger partial charge in [0, 0.05) is 6.54 Å². The molecule has 120 valence electrons. The first kappa shape index (κ1) is 16.3. The molecular weight excluding hydrogens is 286 g/mol. The van der Waals surface area contributed by atoms with Crippen molar-refractivity contribution < 1.29 is 23.8 Å². The Kier molecular flexibility index (Phi) is 6.21. The van der Waals surface area contributed by atoms with Gasteiger partial charge in [-0.15, -0.1) is 0 Å². The van der Waals surface area contributed by atoms with E-state index in [9.17, 15) is 9.59 Å². The molecule has 1 heterocycles. The van der Waals surface area contributed by atoms with Gasteiger partial charge in [-0.25, -0.2) is 4.79 Å². The van der Waals surface area contributed by atoms with Crippen molar-refractivity contribution in [3.8, 4) is 0 Å². The molecule has 6 heteroatoms. The number of carbonyl (C=O) groups is 2. The SMILES string of the molecule is CCOC(=O)CC1CN(C(=O)OCc2ccccc2)CCO1. The molecule has 0 radical (unpaired) electrons. The fourth-order valence-electron chi connectivity index (χ4n) is 2.23. The summed E-state index contributed by atoms with van der Waals surface area (Å²) < 4.78 is 15.7. The molecule has 0 N–H and O–H groups in total. The number of hydrogen-bond acceptors (Lipinski definition) is 5. The van der Waals surface area contributed by atoms with Crippen molar-refractivity contribution in [3.05, 3.63) is 35.9 Å². The van der Waals surface area contributed by atoms with Crippen molar-refractivity contribution in [1.82, 2.24) is 4.90 Å². The van der Waals surface area contributed by atoms with E-state index < -0.39 is 0 Å². The van der Waals surface area contributed by atoms with E-state index >= 15 is 0 Å². The highest BCUT2D eigenvalue weighted by Gasteiger charge is 2.27. The van der Waals surface area contributed by atoms with Gasteiger partial charge in [0.05, 0.1) is 32.3 Å². The van der Waals surface area contributed by atoms with E-state index in [4.69, 9.17) is 14.2 Å². The van der Waals surface area contributed by atoms with Gasteiger partial charge < -0.3 is 19.1 Å². The zero-order valence-electron chi connectivity index (χ0n) is 12.7. The molecule has 6 nitrogen and oxygen atoms in total. The highest BCUT2D eigenvalue weighted by molar-refractivity contribution is 5.71. The third-order valence-electron chi connectivity index (χ3n) is 3.30. The summed E-state index contributed by atoms with van der Waals surface area (Å²) >= 11 is 0. The Morgan fingerprint density at radius 1 is 1.27 bits per heavy atom. The molecule has 0 bridgehead atoms. The van der Waals surface area contributed by atoms with Gasteiger partial charge in [0.2, 0.25) is 0 Å². The molecule has 1 aromatic carbocycles. The molecule has 0 saturated carbocycles. The second kappa shape index (κ2) is 8.38. The van der Waals surface area contributed by atoms with Gasteiger partial charge in [-0.05, 0) is 12.5 Å². The van der Waals surface area contributed by atoms with Crippen LogP contribution in [0.5, 0.6) is 0 Å². The lowest BCUT2D eigenvalue weighted by atomic mass is 10.2. The number of morpholine rings is 1. The van der Waals surface area contributed by atoms with Crippen LogP contribution in [0.1, 0.15) is 18.9 Å². The van der Waals surface area contributed by atoms with Crippen LogP contribution in [-0.4, -0.2) is 49.4 Å². The first-order valence-corrected chi connectivity index (χ1v) is 7.42. The molecule has 0 aromatic heterocycles. The summed E-state index contributed by atoms with van der Waals surface area (Å²) in [5.41, 5.74) is 0.937. The molecule has 2 rings (SSSR count). The maximum absolute atomic E-state index is 12.1. The Morgan fingerprint density at radius 3 is 2.77 bits per heavy atom. The zero-order chi connectivity index (χ0) is 15.8. The standard InChI is InChI=1S/C16H21NO5/c1-2-20-15(18)10-14-11-17(8-9-21-14)16(19)22-12-13-6-4-3-5-7-13/h3-7,14H,2,8-12H2,1H3. The number of carbonyl (C=O) groups excluding carboxylic acids is 2. The van der Waals surface area contributed by atoms with Crippen LogP contribution in [-0.2, 0) is 25.6 Å². The number of amides is 1. The Balaban J connectivity index is 1.78. The van der Waals surface area contributed by atoms with Gasteiger partial charge in [-0.1, -0.05) is 30.3 Å². The summed E-state index contributed by atoms with van der Waals surface area (Å²) in [6.07, 6.45) is -0.575. The van der Waals surface area contributed by atoms with Crippen LogP contribution in [0, 0.1) is 0 Å². The van der Waals surface area contributed by atoms with E-state index in [0.717, 1.165) is 5.56 Å². The van der Waals surface area contributed by atoms with Gasteiger partial charge in [0.25, 0.3) is 0 Å². The third-order valence-corrected chi connectivity index (χ3v) is 3.30. The molecule has 0 aliphatic carbocycles. The lowest BCUT2D eigenvalue weighted by Crippen LogP contribution is -2.46. The van der Waals surface area contributed by atoms with Gasteiger partial charge in [-0.2, -0.15) is 0 Å². The molecule has 22 heavy (non-hydrogen) atoms. The summed E-state index contributed by atoms with van der Waals surface area (Å²) in [7, 11) is 0. The lowest BCUT2D eigenvalue weighted by molar-refractivity contribution is -0.148. The van der Waals surface area contributed by atoms with Crippen LogP contribution in [0.15, 0.2) is 30.3 Å². The number of benzene rings is 1. The molecule has 1 atom stereocenters. The summed E-state index contributed by atoms with van der Waals surface area (Å²) in [5, 5.41) is 0. The Labute approximate surface area is 129 Å². The van der Waals surface area contributed by atoms with E-state index in [1.165, 1.54) is 0 Å². The monoisotopic (exact) mass is 307 g/mol. The molecule has 0 spiro atoms. The Bertz CT molecular complexity index is 491. The molecule has 1 saturated heterocycles. The van der Waals surface area contributed by atoms with Crippen molar-refractivity contribution in [2.45, 2.75) is 26.1 Å². The third kappa shape index (κ3) is 5.04. The average molecular weight is 307 g/mol. The minimum Gasteiger partial charge on any atom is -0.466 e. The van der Waals surface area contributed by atoms with E-state index in [1.54, 1.807) is 11.8 Å². The van der Waals surface area contributed by atoms with Crippen molar-refractivity contribution in [2.75, 3.05) is 26.3 Å². The van der Waals surface area contributed by atoms with Crippen LogP contribution in [0.4, 0.5) is 4.79 Å². The summed E-state index contributed by atoms with van der Waals surface area (Å²) in [5.74, 6) is -0.313. The smallest absolute Gasteiger partial charge is 0.410 e. The van der Waals surface area contributed by atoms with Crippen LogP contribution in [0.3, 0.4) is 0 Å². The second-order valence-electron chi connectivity index (χ2n) is 4.99. The van der Waals surface area contributed by atoms with E-state index in [1.807, 2.05) is 30.3 Å². The Morgan fingerprint density at radius 2 is 2.05 bits per heavy atom. The van der Waals surface area contributed by atoms with Gasteiger partial charge in [0.1, 0.15) is 6.61 Å². The molecule has 1 aliphatic rings. The zero-order valence-corrected chi connectivity index (χ0v) is 12.7. The molecule has 1 unspecified atom stereocenters. The summed E-state index contributed by atoms with van der Waals surface area (Å²) in [6, 6.07) is 9.50. The molecule has 1 fully saturated rings. The Hall–Kier alpha value is -2.08. The van der Waals surface area contributed by atoms with Crippen molar-refractivity contribution >= 4 is 12.1 Å². The second-order valence-corrected chi connectivity index (χ2v) is 4.99. The largest absolute Gasteiger partial charge is 0.466 e. The number of esters is 1. The van der Waals surface area contributed by atoms with Crippen molar-refractivity contribution in [2.24, 2.45) is 0 Å². The molecule has 1 aliphatic heterocycles. The molecule has 1 amide bonds. The predicted molar refractivity (Wildman–Crippen MR) is 79.2 cm³/mol. The van der Waals surface area contributed by atoms with E-state index in [0.29, 0.717) is 26.3 Å². The highest BCUT2D eigenvalue weighted by Crippen LogP contribution is 2.12. The quantitative estimate of drug-likeness (QED) is 0.778. The average Bonchev–Trinajstić information content (AvgIpc) is 2.54. The number of rotatable bonds is 5. The van der Waals surface area contributed by atoms with Crippen LogP contribution in [0.2, 0.25) is 0 Å². The number of nitrogens with zero attached hydrogens (tertiary/aromatic N) is 1. The highest BCUT2D eigenvalue weighted by atomic mass is 16.6. The minimum atomic E-state index is -0.388. The maximum Gasteiger partial charge on any atom is 0.410 e. The first-order chi connectivity index (χ1) is 10.7. The maximum atomic E-state index is 12.1. The topological polar surface area (TPSA) is 65.1 Å². The van der Waals surface area contributed by atoms with Gasteiger partial charge >= 0.3 is 12.1 Å². The van der Waals surface area contributed by atoms with Crippen LogP contribution >= 0.6 is 0 Å². The minimum absolute atomic E-state index is 0.149. The number of hydrogen-bond donors (Lipinski definition) is 0. The van der Waals surface area contributed by atoms with E-state index in [2.05, 4.69) is 0 Å². The van der Waals surface area contributed by atoms with Gasteiger partial charge in [-0.3, -0.25) is 4.79 Å². The van der Waals surface area contributed by atoms with Crippen molar-refractivity contribution in [1.29, 1.82) is 0 Å². The fourth-order valence-corrected chi connectivity index (χ4v) is 2.23. The molecule has 1 aromatic rings. The lowest BCUT2D eigenvalue weighted by Gasteiger charge is -2.31. The number of ether oxygens (including phenoxy) is 3. The van der Waals surface area contributed by atoms with E-state index in [-0.39, 0.29) is 31.2 Å². The molecular formula is C16H21NO5. The van der Waals surface area contributed by atoms with Gasteiger partial charge in [0.15, 0.2) is 0 Å². The van der Waals surface area contributed by atoms with Crippen LogP contribution < -0.4 is 0 Å². The summed E-state index contributed by atoms with van der Waals surface area (Å²) in [4.78, 5) is 25.1. The van der Waals surface area contributed by atoms with Crippen LogP contribution in [0.25, 0.3) is 0 Å². The summed E-state index contributed by atoms with van der Waals surface area (Å²) in [6.45, 7) is 3.53. The fraction of sp³-hybridized carbons (Fsp3) is 0.500. The predicted octanol–water partition coefficient (Wildman–Crippen LogP) is 1.98.